The van der Waals surface area contributed by atoms with Gasteiger partial charge >= 0.3 is 35.8 Å². The van der Waals surface area contributed by atoms with Gasteiger partial charge in [0.25, 0.3) is 25.9 Å². The van der Waals surface area contributed by atoms with Gasteiger partial charge in [0.05, 0.1) is 12.8 Å². The van der Waals surface area contributed by atoms with Crippen LogP contribution < -0.4 is 0 Å². The minimum atomic E-state index is -2.12. The fraction of sp³-hybridized carbons (Fsp3) is 0.680. The third-order valence-corrected chi connectivity index (χ3v) is 12.5. The van der Waals surface area contributed by atoms with E-state index in [1.54, 1.807) is 0 Å². The Kier molecular flexibility index (Phi) is 30.6. The molecule has 0 aromatic carbocycles. The molecule has 1 aromatic rings. The maximum absolute atomic E-state index is 14.1. The molecule has 0 aliphatic carbocycles. The molecular formula is C50H67B4N3O28. The molecule has 1 rings (SSSR count). The zero-order valence-corrected chi connectivity index (χ0v) is 48.6. The molecule has 0 saturated carbocycles. The third kappa shape index (κ3) is 25.8. The van der Waals surface area contributed by atoms with Gasteiger partial charge in [-0.1, -0.05) is 32.4 Å². The summed E-state index contributed by atoms with van der Waals surface area (Å²) in [4.78, 5) is 171. The van der Waals surface area contributed by atoms with Gasteiger partial charge in [0.2, 0.25) is 54.9 Å². The molecule has 0 aliphatic rings. The summed E-state index contributed by atoms with van der Waals surface area (Å²) in [5.41, 5.74) is -12.2. The number of carbonyl (C=O) groups excluding carboxylic acids is 14. The average Bonchev–Trinajstić information content (AvgIpc) is 3.97. The molecule has 0 amide bonds. The number of hydrogen-bond donors (Lipinski definition) is 0. The fourth-order valence-electron chi connectivity index (χ4n) is 7.12. The molecule has 0 bridgehead atoms. The lowest BCUT2D eigenvalue weighted by molar-refractivity contribution is -0.183. The number of carbonyl (C=O) groups is 14. The van der Waals surface area contributed by atoms with Crippen molar-refractivity contribution in [3.8, 4) is 0 Å². The Hall–Kier alpha value is -8.02. The van der Waals surface area contributed by atoms with Gasteiger partial charge in [-0.15, -0.1) is 5.10 Å². The van der Waals surface area contributed by atoms with E-state index in [0.717, 1.165) is 20.8 Å². The van der Waals surface area contributed by atoms with Gasteiger partial charge in [-0.2, -0.15) is 0 Å². The van der Waals surface area contributed by atoms with Crippen molar-refractivity contribution in [3.63, 3.8) is 0 Å². The number of rotatable bonds is 43. The lowest BCUT2D eigenvalue weighted by Crippen LogP contribution is -2.46. The van der Waals surface area contributed by atoms with Crippen LogP contribution in [-0.4, -0.2) is 217 Å². The molecule has 1 aromatic heterocycles. The minimum absolute atomic E-state index is 0.0430. The highest BCUT2D eigenvalue weighted by atomic mass is 16.6. The molecule has 0 aliphatic heterocycles. The second-order valence-electron chi connectivity index (χ2n) is 22.0. The highest BCUT2D eigenvalue weighted by molar-refractivity contribution is 6.56. The summed E-state index contributed by atoms with van der Waals surface area (Å²) in [7, 11) is 20.3. The number of aromatic nitrogens is 3. The molecule has 0 spiro atoms. The number of ether oxygens (including phenoxy) is 14. The molecule has 31 nitrogen and oxygen atoms in total. The summed E-state index contributed by atoms with van der Waals surface area (Å²) >= 11 is 0. The minimum Gasteiger partial charge on any atom is -0.473 e. The Labute approximate surface area is 493 Å². The first-order valence-electron chi connectivity index (χ1n) is 25.4. The molecular weight excluding hydrogens is 1130 g/mol. The van der Waals surface area contributed by atoms with Crippen LogP contribution >= 0.6 is 0 Å². The summed E-state index contributed by atoms with van der Waals surface area (Å²) < 4.78 is 72.5. The molecule has 0 N–H and O–H groups in total. The Morgan fingerprint density at radius 3 is 0.988 bits per heavy atom. The van der Waals surface area contributed by atoms with E-state index >= 15 is 0 Å². The van der Waals surface area contributed by atoms with Crippen LogP contribution in [0.1, 0.15) is 80.8 Å². The molecule has 1 unspecified atom stereocenters. The van der Waals surface area contributed by atoms with E-state index < -0.39 is 183 Å². The predicted octanol–water partition coefficient (Wildman–Crippen LogP) is 0.430. The monoisotopic (exact) mass is 1200 g/mol. The molecule has 1 heterocycles. The first kappa shape index (κ1) is 75.0. The van der Waals surface area contributed by atoms with Crippen LogP contribution in [0.4, 0.5) is 19.2 Å². The topological polar surface area (TPSA) is 399 Å². The van der Waals surface area contributed by atoms with Crippen LogP contribution in [0.2, 0.25) is 0 Å². The average molecular weight is 1200 g/mol. The zero-order chi connectivity index (χ0) is 64.9. The van der Waals surface area contributed by atoms with E-state index in [4.69, 9.17) is 97.7 Å². The van der Waals surface area contributed by atoms with Crippen LogP contribution in [0.3, 0.4) is 0 Å². The van der Waals surface area contributed by atoms with Gasteiger partial charge in [-0.25, -0.2) is 0 Å². The van der Waals surface area contributed by atoms with Crippen LogP contribution in [0, 0.1) is 43.8 Å². The van der Waals surface area contributed by atoms with Crippen LogP contribution in [0.5, 0.6) is 0 Å². The van der Waals surface area contributed by atoms with Gasteiger partial charge in [-0.3, -0.25) is 71.8 Å². The Bertz CT molecular complexity index is 2330. The van der Waals surface area contributed by atoms with E-state index in [1.807, 2.05) is 20.8 Å². The van der Waals surface area contributed by atoms with Crippen LogP contribution in [0.25, 0.3) is 0 Å². The molecule has 35 heteroatoms. The van der Waals surface area contributed by atoms with Gasteiger partial charge in [0, 0.05) is 6.54 Å². The highest BCUT2D eigenvalue weighted by Gasteiger charge is 2.47. The predicted molar refractivity (Wildman–Crippen MR) is 282 cm³/mol. The summed E-state index contributed by atoms with van der Waals surface area (Å²) in [6.45, 7) is 3.00. The highest BCUT2D eigenvalue weighted by Crippen LogP contribution is 2.33. The van der Waals surface area contributed by atoms with Crippen molar-refractivity contribution in [1.29, 1.82) is 0 Å². The summed E-state index contributed by atoms with van der Waals surface area (Å²) in [5, 5.41) is 8.20. The maximum atomic E-state index is 14.1. The lowest BCUT2D eigenvalue weighted by Gasteiger charge is -2.32. The van der Waals surface area contributed by atoms with Gasteiger partial charge in [0.15, 0.2) is 0 Å². The second kappa shape index (κ2) is 34.7. The number of nitrogens with zero attached hydrogens (tertiary/aromatic N) is 3. The first-order valence-corrected chi connectivity index (χ1v) is 25.4. The third-order valence-electron chi connectivity index (χ3n) is 12.5. The van der Waals surface area contributed by atoms with E-state index in [1.165, 1.54) is 31.6 Å². The number of esters is 6. The van der Waals surface area contributed by atoms with Crippen molar-refractivity contribution >= 4 is 117 Å². The molecule has 8 radical (unpaired) electrons. The molecule has 85 heavy (non-hydrogen) atoms. The van der Waals surface area contributed by atoms with Crippen molar-refractivity contribution in [3.05, 3.63) is 11.9 Å². The number of hydrogen-bond acceptors (Lipinski definition) is 30. The second-order valence-corrected chi connectivity index (χ2v) is 22.0. The largest absolute Gasteiger partial charge is 0.473 e. The Balaban J connectivity index is 3.44. The summed E-state index contributed by atoms with van der Waals surface area (Å²) in [6.07, 6.45) is 2.20. The smallest absolute Gasteiger partial charge is 0.319 e. The van der Waals surface area contributed by atoms with E-state index in [-0.39, 0.29) is 50.7 Å². The zero-order valence-electron chi connectivity index (χ0n) is 48.6. The van der Waals surface area contributed by atoms with Crippen molar-refractivity contribution in [1.82, 2.24) is 15.0 Å². The molecule has 0 fully saturated rings. The molecule has 0 saturated heterocycles. The van der Waals surface area contributed by atoms with Gasteiger partial charge in [-0.05, 0) is 59.3 Å². The van der Waals surface area contributed by atoms with Crippen molar-refractivity contribution in [2.45, 2.75) is 88.3 Å². The van der Waals surface area contributed by atoms with Gasteiger partial charge in [0.1, 0.15) is 124 Å². The van der Waals surface area contributed by atoms with Gasteiger partial charge < -0.3 is 66.3 Å². The van der Waals surface area contributed by atoms with E-state index in [0.29, 0.717) is 12.8 Å². The summed E-state index contributed by atoms with van der Waals surface area (Å²) in [5.74, 6) is -12.5. The quantitative estimate of drug-likeness (QED) is 0.0370. The lowest BCUT2D eigenvalue weighted by atomic mass is 9.82. The molecule has 462 valence electrons. The van der Waals surface area contributed by atoms with Crippen molar-refractivity contribution in [2.24, 2.45) is 43.8 Å². The first-order chi connectivity index (χ1) is 39.6. The standard InChI is InChI=1S/C50H67B4N3O28/c1-10-32(13-76-34(62)47(6,20-78-36(64)45(4,16-72-28-58)17-73-29-59)21-79-37(65)46(5,18-74-30-60)19-75-31-61)11-44(2,3)15-57-12-33(55-56-57)14-77-35(63)48(7,22-80-38(66)49(8,24-82-40(51)68)25-83-41(52)69)23-81-39(67)50(9,26-84-42(53)70)27-85-43(54)71/h12,28-32H,10-11,13-27H2,1-9H3. The van der Waals surface area contributed by atoms with Crippen molar-refractivity contribution < 1.29 is 133 Å². The van der Waals surface area contributed by atoms with E-state index in [9.17, 15) is 67.1 Å². The SMILES string of the molecule is [B]C(=O)OCC(C)(COC([B])=O)C(=O)OCC(C)(COC(=O)C(C)(COC([B])=O)COC([B])=O)C(=O)OCc1cn(CC(C)(C)CC(CC)COC(=O)C(C)(COC(=O)C(C)(COC=O)COC=O)COC(=O)C(C)(COC=O)COC=O)nn1. The Morgan fingerprint density at radius 1 is 0.435 bits per heavy atom. The fourth-order valence-corrected chi connectivity index (χ4v) is 7.12. The van der Waals surface area contributed by atoms with Crippen LogP contribution in [-0.2, 0) is 127 Å². The summed E-state index contributed by atoms with van der Waals surface area (Å²) in [6, 6.07) is 0. The normalized spacial score (nSPS) is 12.2. The van der Waals surface area contributed by atoms with Crippen molar-refractivity contribution in [2.75, 3.05) is 85.9 Å². The Morgan fingerprint density at radius 2 is 0.706 bits per heavy atom. The van der Waals surface area contributed by atoms with E-state index in [2.05, 4.69) is 10.3 Å². The molecule has 1 atom stereocenters. The van der Waals surface area contributed by atoms with Crippen LogP contribution in [0.15, 0.2) is 6.20 Å². The maximum Gasteiger partial charge on any atom is 0.319 e.